The minimum absolute atomic E-state index is 0.398. The Morgan fingerprint density at radius 1 is 1.10 bits per heavy atom. The maximum absolute atomic E-state index is 5.73. The molecule has 2 saturated heterocycles. The molecule has 3 rings (SSSR count). The highest BCUT2D eigenvalue weighted by atomic mass is 16.3. The van der Waals surface area contributed by atoms with Gasteiger partial charge in [0.2, 0.25) is 0 Å². The molecule has 1 aromatic rings. The zero-order valence-corrected chi connectivity index (χ0v) is 13.1. The fourth-order valence-corrected chi connectivity index (χ4v) is 3.39. The topological polar surface area (TPSA) is 34.9 Å². The Morgan fingerprint density at radius 2 is 1.81 bits per heavy atom. The molecule has 5 nitrogen and oxygen atoms in total. The van der Waals surface area contributed by atoms with Gasteiger partial charge in [-0.15, -0.1) is 0 Å². The van der Waals surface area contributed by atoms with Crippen LogP contribution in [0.3, 0.4) is 0 Å². The molecule has 0 radical (unpaired) electrons. The first-order valence-electron chi connectivity index (χ1n) is 8.29. The lowest BCUT2D eigenvalue weighted by Crippen LogP contribution is -2.51. The van der Waals surface area contributed by atoms with Gasteiger partial charge in [-0.1, -0.05) is 6.92 Å². The van der Waals surface area contributed by atoms with Crippen LogP contribution >= 0.6 is 0 Å². The Balaban J connectivity index is 1.62. The summed E-state index contributed by atoms with van der Waals surface area (Å²) in [6.45, 7) is 13.7. The first-order chi connectivity index (χ1) is 10.4. The standard InChI is InChI=1S/C16H28N4O/c1-2-18-9-11-19(12-10-18)14-15(16-4-3-13-21-16)20-7-5-17-6-8-20/h3-4,13,15,17H,2,5-12,14H2,1H3. The smallest absolute Gasteiger partial charge is 0.122 e. The summed E-state index contributed by atoms with van der Waals surface area (Å²) in [4.78, 5) is 7.70. The minimum Gasteiger partial charge on any atom is -0.468 e. The number of nitrogens with zero attached hydrogens (tertiary/aromatic N) is 3. The molecule has 0 aromatic carbocycles. The van der Waals surface area contributed by atoms with E-state index in [1.165, 1.54) is 32.7 Å². The van der Waals surface area contributed by atoms with Crippen molar-refractivity contribution in [3.8, 4) is 0 Å². The van der Waals surface area contributed by atoms with Gasteiger partial charge in [-0.3, -0.25) is 9.80 Å². The highest BCUT2D eigenvalue weighted by molar-refractivity contribution is 5.06. The van der Waals surface area contributed by atoms with Gasteiger partial charge in [0.1, 0.15) is 5.76 Å². The van der Waals surface area contributed by atoms with Crippen molar-refractivity contribution in [1.29, 1.82) is 0 Å². The lowest BCUT2D eigenvalue weighted by molar-refractivity contribution is 0.0769. The summed E-state index contributed by atoms with van der Waals surface area (Å²) < 4.78 is 5.73. The SMILES string of the molecule is CCN1CCN(CC(c2ccco2)N2CCNCC2)CC1. The molecule has 5 heteroatoms. The third-order valence-corrected chi connectivity index (χ3v) is 4.81. The van der Waals surface area contributed by atoms with Crippen molar-refractivity contribution in [3.63, 3.8) is 0 Å². The Kier molecular flexibility index (Phi) is 5.30. The van der Waals surface area contributed by atoms with Gasteiger partial charge in [0, 0.05) is 58.9 Å². The minimum atomic E-state index is 0.398. The number of furan rings is 1. The second-order valence-electron chi connectivity index (χ2n) is 6.05. The zero-order chi connectivity index (χ0) is 14.5. The van der Waals surface area contributed by atoms with E-state index in [-0.39, 0.29) is 0 Å². The van der Waals surface area contributed by atoms with E-state index in [0.29, 0.717) is 6.04 Å². The highest BCUT2D eigenvalue weighted by Gasteiger charge is 2.27. The Morgan fingerprint density at radius 3 is 2.43 bits per heavy atom. The summed E-state index contributed by atoms with van der Waals surface area (Å²) in [6, 6.07) is 4.55. The molecule has 2 fully saturated rings. The van der Waals surface area contributed by atoms with E-state index in [1.54, 1.807) is 6.26 Å². The quantitative estimate of drug-likeness (QED) is 0.871. The van der Waals surface area contributed by atoms with Gasteiger partial charge in [0.25, 0.3) is 0 Å². The van der Waals surface area contributed by atoms with Crippen molar-refractivity contribution >= 4 is 0 Å². The van der Waals surface area contributed by atoms with Gasteiger partial charge in [-0.05, 0) is 18.7 Å². The summed E-state index contributed by atoms with van der Waals surface area (Å²) in [5.41, 5.74) is 0. The van der Waals surface area contributed by atoms with Gasteiger partial charge >= 0.3 is 0 Å². The molecule has 2 aliphatic rings. The number of hydrogen-bond acceptors (Lipinski definition) is 5. The second kappa shape index (κ2) is 7.40. The van der Waals surface area contributed by atoms with Crippen molar-refractivity contribution in [3.05, 3.63) is 24.2 Å². The third-order valence-electron chi connectivity index (χ3n) is 4.81. The number of likely N-dealkylation sites (N-methyl/N-ethyl adjacent to an activating group) is 1. The lowest BCUT2D eigenvalue weighted by atomic mass is 10.1. The Labute approximate surface area is 127 Å². The Bertz CT molecular complexity index is 394. The predicted octanol–water partition coefficient (Wildman–Crippen LogP) is 0.863. The molecule has 1 N–H and O–H groups in total. The van der Waals surface area contributed by atoms with Crippen LogP contribution in [0.2, 0.25) is 0 Å². The van der Waals surface area contributed by atoms with E-state index < -0.39 is 0 Å². The summed E-state index contributed by atoms with van der Waals surface area (Å²) in [5, 5.41) is 3.44. The average Bonchev–Trinajstić information content (AvgIpc) is 3.08. The molecule has 0 aliphatic carbocycles. The molecule has 1 unspecified atom stereocenters. The van der Waals surface area contributed by atoms with E-state index in [2.05, 4.69) is 33.0 Å². The highest BCUT2D eigenvalue weighted by Crippen LogP contribution is 2.23. The van der Waals surface area contributed by atoms with Crippen molar-refractivity contribution in [2.24, 2.45) is 0 Å². The molecular formula is C16H28N4O. The van der Waals surface area contributed by atoms with E-state index in [4.69, 9.17) is 4.42 Å². The van der Waals surface area contributed by atoms with Gasteiger partial charge in [-0.25, -0.2) is 0 Å². The van der Waals surface area contributed by atoms with Crippen LogP contribution in [0.4, 0.5) is 0 Å². The van der Waals surface area contributed by atoms with Crippen LogP contribution in [0.25, 0.3) is 0 Å². The molecule has 1 atom stereocenters. The fourth-order valence-electron chi connectivity index (χ4n) is 3.39. The van der Waals surface area contributed by atoms with Crippen molar-refractivity contribution < 1.29 is 4.42 Å². The molecular weight excluding hydrogens is 264 g/mol. The van der Waals surface area contributed by atoms with Crippen molar-refractivity contribution in [2.45, 2.75) is 13.0 Å². The maximum atomic E-state index is 5.73. The predicted molar refractivity (Wildman–Crippen MR) is 84.4 cm³/mol. The molecule has 3 heterocycles. The number of piperazine rings is 2. The van der Waals surface area contributed by atoms with E-state index in [1.807, 2.05) is 6.07 Å². The van der Waals surface area contributed by atoms with E-state index >= 15 is 0 Å². The van der Waals surface area contributed by atoms with Crippen LogP contribution in [-0.4, -0.2) is 80.1 Å². The summed E-state index contributed by atoms with van der Waals surface area (Å²) >= 11 is 0. The molecule has 1 aromatic heterocycles. The first kappa shape index (κ1) is 15.0. The van der Waals surface area contributed by atoms with Crippen molar-refractivity contribution in [2.75, 3.05) is 65.4 Å². The van der Waals surface area contributed by atoms with E-state index in [9.17, 15) is 0 Å². The third kappa shape index (κ3) is 3.86. The van der Waals surface area contributed by atoms with E-state index in [0.717, 1.165) is 38.5 Å². The number of rotatable bonds is 5. The normalized spacial score (nSPS) is 24.2. The molecule has 118 valence electrons. The van der Waals surface area contributed by atoms with Gasteiger partial charge < -0.3 is 14.6 Å². The summed E-state index contributed by atoms with van der Waals surface area (Å²) in [5.74, 6) is 1.12. The van der Waals surface area contributed by atoms with Gasteiger partial charge in [0.15, 0.2) is 0 Å². The number of hydrogen-bond donors (Lipinski definition) is 1. The van der Waals surface area contributed by atoms with Crippen LogP contribution in [0.1, 0.15) is 18.7 Å². The molecule has 0 bridgehead atoms. The monoisotopic (exact) mass is 292 g/mol. The van der Waals surface area contributed by atoms with Crippen LogP contribution in [-0.2, 0) is 0 Å². The second-order valence-corrected chi connectivity index (χ2v) is 6.05. The molecule has 0 saturated carbocycles. The summed E-state index contributed by atoms with van der Waals surface area (Å²) in [7, 11) is 0. The van der Waals surface area contributed by atoms with Gasteiger partial charge in [0.05, 0.1) is 12.3 Å². The Hall–Kier alpha value is -0.880. The first-order valence-corrected chi connectivity index (χ1v) is 8.29. The molecule has 21 heavy (non-hydrogen) atoms. The van der Waals surface area contributed by atoms with Crippen LogP contribution in [0.5, 0.6) is 0 Å². The van der Waals surface area contributed by atoms with Crippen LogP contribution in [0.15, 0.2) is 22.8 Å². The zero-order valence-electron chi connectivity index (χ0n) is 13.1. The van der Waals surface area contributed by atoms with Crippen LogP contribution in [0, 0.1) is 0 Å². The van der Waals surface area contributed by atoms with Crippen molar-refractivity contribution in [1.82, 2.24) is 20.0 Å². The maximum Gasteiger partial charge on any atom is 0.122 e. The van der Waals surface area contributed by atoms with Crippen LogP contribution < -0.4 is 5.32 Å². The number of nitrogens with one attached hydrogen (secondary N) is 1. The average molecular weight is 292 g/mol. The molecule has 2 aliphatic heterocycles. The molecule has 0 amide bonds. The lowest BCUT2D eigenvalue weighted by Gasteiger charge is -2.39. The molecule has 0 spiro atoms. The largest absolute Gasteiger partial charge is 0.468 e. The fraction of sp³-hybridized carbons (Fsp3) is 0.750. The summed E-state index contributed by atoms with van der Waals surface area (Å²) in [6.07, 6.45) is 1.81. The van der Waals surface area contributed by atoms with Gasteiger partial charge in [-0.2, -0.15) is 0 Å².